The molecule has 0 amide bonds. The van der Waals surface area contributed by atoms with Crippen molar-refractivity contribution in [3.8, 4) is 5.75 Å². The molecule has 0 spiro atoms. The van der Waals surface area contributed by atoms with Gasteiger partial charge >= 0.3 is 5.97 Å². The van der Waals surface area contributed by atoms with Crippen molar-refractivity contribution in [1.29, 1.82) is 0 Å². The second kappa shape index (κ2) is 6.06. The van der Waals surface area contributed by atoms with Gasteiger partial charge in [-0.3, -0.25) is 0 Å². The van der Waals surface area contributed by atoms with Crippen molar-refractivity contribution in [2.45, 2.75) is 0 Å². The molecule has 0 fully saturated rings. The summed E-state index contributed by atoms with van der Waals surface area (Å²) in [6.07, 6.45) is 0. The van der Waals surface area contributed by atoms with Gasteiger partial charge in [-0.25, -0.2) is 9.18 Å². The van der Waals surface area contributed by atoms with Crippen LogP contribution in [0, 0.1) is 5.82 Å². The van der Waals surface area contributed by atoms with Crippen LogP contribution in [0.4, 0.5) is 4.39 Å². The van der Waals surface area contributed by atoms with Gasteiger partial charge in [-0.05, 0) is 28.1 Å². The fraction of sp³-hybridized carbons (Fsp3) is 0.300. The maximum Gasteiger partial charge on any atom is 0.341 e. The molecule has 0 heterocycles. The van der Waals surface area contributed by atoms with Crippen LogP contribution in [0.5, 0.6) is 5.75 Å². The van der Waals surface area contributed by atoms with E-state index in [4.69, 9.17) is 16.3 Å². The normalized spacial score (nSPS) is 10.0. The molecule has 1 aromatic carbocycles. The van der Waals surface area contributed by atoms with Crippen molar-refractivity contribution in [3.63, 3.8) is 0 Å². The summed E-state index contributed by atoms with van der Waals surface area (Å²) in [6.45, 7) is 0.226. The lowest BCUT2D eigenvalue weighted by atomic mass is 10.2. The van der Waals surface area contributed by atoms with Crippen LogP contribution in [-0.4, -0.2) is 25.6 Å². The molecule has 0 aliphatic heterocycles. The summed E-state index contributed by atoms with van der Waals surface area (Å²) in [5, 5.41) is 0. The lowest BCUT2D eigenvalue weighted by Crippen LogP contribution is -2.08. The highest BCUT2D eigenvalue weighted by molar-refractivity contribution is 9.10. The van der Waals surface area contributed by atoms with Gasteiger partial charge in [-0.15, -0.1) is 11.6 Å². The molecule has 16 heavy (non-hydrogen) atoms. The van der Waals surface area contributed by atoms with Gasteiger partial charge in [0.1, 0.15) is 23.7 Å². The summed E-state index contributed by atoms with van der Waals surface area (Å²) in [6, 6.07) is 2.42. The number of esters is 1. The molecule has 88 valence electrons. The summed E-state index contributed by atoms with van der Waals surface area (Å²) in [7, 11) is 1.22. The minimum absolute atomic E-state index is 0.0355. The largest absolute Gasteiger partial charge is 0.491 e. The van der Waals surface area contributed by atoms with Crippen molar-refractivity contribution >= 4 is 33.5 Å². The average molecular weight is 312 g/mol. The number of carbonyl (C=O) groups is 1. The predicted octanol–water partition coefficient (Wildman–Crippen LogP) is 2.99. The topological polar surface area (TPSA) is 35.5 Å². The van der Waals surface area contributed by atoms with E-state index in [0.29, 0.717) is 0 Å². The number of methoxy groups -OCH3 is 1. The number of hydrogen-bond donors (Lipinski definition) is 0. The summed E-state index contributed by atoms with van der Waals surface area (Å²) >= 11 is 8.46. The minimum Gasteiger partial charge on any atom is -0.491 e. The Labute approximate surface area is 106 Å². The summed E-state index contributed by atoms with van der Waals surface area (Å²) in [4.78, 5) is 11.3. The van der Waals surface area contributed by atoms with Gasteiger partial charge in [0.05, 0.1) is 17.5 Å². The Hall–Kier alpha value is -0.810. The molecule has 0 aliphatic carbocycles. The molecule has 0 aromatic heterocycles. The number of alkyl halides is 1. The molecule has 0 aliphatic rings. The van der Waals surface area contributed by atoms with Gasteiger partial charge in [0, 0.05) is 0 Å². The van der Waals surface area contributed by atoms with Gasteiger partial charge in [0.15, 0.2) is 0 Å². The van der Waals surface area contributed by atoms with Gasteiger partial charge in [0.2, 0.25) is 0 Å². The highest BCUT2D eigenvalue weighted by atomic mass is 79.9. The average Bonchev–Trinajstić information content (AvgIpc) is 2.29. The van der Waals surface area contributed by atoms with Crippen LogP contribution in [0.3, 0.4) is 0 Å². The second-order valence-electron chi connectivity index (χ2n) is 2.79. The monoisotopic (exact) mass is 310 g/mol. The lowest BCUT2D eigenvalue weighted by molar-refractivity contribution is 0.0595. The van der Waals surface area contributed by atoms with E-state index in [0.717, 1.165) is 6.07 Å². The first-order valence-corrected chi connectivity index (χ1v) is 5.69. The molecular weight excluding hydrogens is 302 g/mol. The van der Waals surface area contributed by atoms with E-state index in [9.17, 15) is 9.18 Å². The van der Waals surface area contributed by atoms with Crippen molar-refractivity contribution in [1.82, 2.24) is 0 Å². The van der Waals surface area contributed by atoms with Gasteiger partial charge < -0.3 is 9.47 Å². The zero-order valence-corrected chi connectivity index (χ0v) is 10.8. The highest BCUT2D eigenvalue weighted by Gasteiger charge is 2.16. The molecule has 0 saturated heterocycles. The molecule has 0 radical (unpaired) electrons. The van der Waals surface area contributed by atoms with E-state index >= 15 is 0 Å². The third-order valence-electron chi connectivity index (χ3n) is 1.76. The van der Waals surface area contributed by atoms with Crippen molar-refractivity contribution < 1.29 is 18.7 Å². The van der Waals surface area contributed by atoms with Crippen LogP contribution < -0.4 is 4.74 Å². The Morgan fingerprint density at radius 3 is 2.81 bits per heavy atom. The zero-order valence-electron chi connectivity index (χ0n) is 8.43. The first-order chi connectivity index (χ1) is 7.60. The third-order valence-corrected chi connectivity index (χ3v) is 2.52. The van der Waals surface area contributed by atoms with Crippen LogP contribution >= 0.6 is 27.5 Å². The Balaban J connectivity index is 3.11. The number of carbonyl (C=O) groups excluding carboxylic acids is 1. The SMILES string of the molecule is COC(=O)c1cc(F)c(Br)cc1OCCCl. The first-order valence-electron chi connectivity index (χ1n) is 4.36. The molecule has 3 nitrogen and oxygen atoms in total. The first kappa shape index (κ1) is 13.3. The van der Waals surface area contributed by atoms with Crippen molar-refractivity contribution in [2.24, 2.45) is 0 Å². The van der Waals surface area contributed by atoms with Crippen LogP contribution in [0.15, 0.2) is 16.6 Å². The Morgan fingerprint density at radius 1 is 1.56 bits per heavy atom. The highest BCUT2D eigenvalue weighted by Crippen LogP contribution is 2.27. The standard InChI is InChI=1S/C10H9BrClFO3/c1-15-10(14)6-4-8(13)7(11)5-9(6)16-3-2-12/h4-5H,2-3H2,1H3. The van der Waals surface area contributed by atoms with Crippen molar-refractivity contribution in [2.75, 3.05) is 19.6 Å². The van der Waals surface area contributed by atoms with Crippen molar-refractivity contribution in [3.05, 3.63) is 28.0 Å². The second-order valence-corrected chi connectivity index (χ2v) is 4.02. The van der Waals surface area contributed by atoms with Crippen LogP contribution in [0.1, 0.15) is 10.4 Å². The van der Waals surface area contributed by atoms with E-state index in [-0.39, 0.29) is 28.3 Å². The summed E-state index contributed by atoms with van der Waals surface area (Å²) in [5.41, 5.74) is 0.0355. The molecule has 1 aromatic rings. The molecule has 0 saturated carbocycles. The van der Waals surface area contributed by atoms with Crippen LogP contribution in [0.2, 0.25) is 0 Å². The number of benzene rings is 1. The fourth-order valence-corrected chi connectivity index (χ4v) is 1.47. The Bertz CT molecular complexity index is 398. The zero-order chi connectivity index (χ0) is 12.1. The number of rotatable bonds is 4. The third kappa shape index (κ3) is 3.09. The summed E-state index contributed by atoms with van der Waals surface area (Å²) < 4.78 is 23.2. The van der Waals surface area contributed by atoms with E-state index < -0.39 is 11.8 Å². The maximum atomic E-state index is 13.2. The van der Waals surface area contributed by atoms with Gasteiger partial charge in [-0.2, -0.15) is 0 Å². The van der Waals surface area contributed by atoms with Crippen LogP contribution in [0.25, 0.3) is 0 Å². The Morgan fingerprint density at radius 2 is 2.25 bits per heavy atom. The molecule has 0 atom stereocenters. The minimum atomic E-state index is -0.657. The van der Waals surface area contributed by atoms with Crippen LogP contribution in [-0.2, 0) is 4.74 Å². The van der Waals surface area contributed by atoms with E-state index in [1.165, 1.54) is 13.2 Å². The maximum absolute atomic E-state index is 13.2. The molecule has 0 unspecified atom stereocenters. The quantitative estimate of drug-likeness (QED) is 0.633. The lowest BCUT2D eigenvalue weighted by Gasteiger charge is -2.10. The number of halogens is 3. The number of ether oxygens (including phenoxy) is 2. The molecular formula is C10H9BrClFO3. The summed E-state index contributed by atoms with van der Waals surface area (Å²) in [5.74, 6) is -0.703. The van der Waals surface area contributed by atoms with E-state index in [1.54, 1.807) is 0 Å². The predicted molar refractivity (Wildman–Crippen MR) is 61.7 cm³/mol. The van der Waals surface area contributed by atoms with E-state index in [1.807, 2.05) is 0 Å². The molecule has 0 bridgehead atoms. The Kier molecular flexibility index (Phi) is 5.02. The fourth-order valence-electron chi connectivity index (χ4n) is 1.07. The smallest absolute Gasteiger partial charge is 0.341 e. The number of hydrogen-bond acceptors (Lipinski definition) is 3. The molecule has 1 rings (SSSR count). The van der Waals surface area contributed by atoms with E-state index in [2.05, 4.69) is 20.7 Å². The molecule has 0 N–H and O–H groups in total. The molecule has 6 heteroatoms. The van der Waals surface area contributed by atoms with Gasteiger partial charge in [0.25, 0.3) is 0 Å². The van der Waals surface area contributed by atoms with Gasteiger partial charge in [-0.1, -0.05) is 0 Å².